The number of ether oxygens (including phenoxy) is 2. The molecule has 7 nitrogen and oxygen atoms in total. The second kappa shape index (κ2) is 10.8. The summed E-state index contributed by atoms with van der Waals surface area (Å²) in [6.07, 6.45) is 1.66. The first-order valence-electron chi connectivity index (χ1n) is 9.41. The van der Waals surface area contributed by atoms with Gasteiger partial charge in [-0.05, 0) is 56.2 Å². The topological polar surface area (TPSA) is 89.0 Å². The molecule has 2 rings (SSSR count). The van der Waals surface area contributed by atoms with Crippen LogP contribution in [0.1, 0.15) is 37.8 Å². The Labute approximate surface area is 171 Å². The number of carbonyl (C=O) groups is 2. The first kappa shape index (κ1) is 21.9. The van der Waals surface area contributed by atoms with Crippen molar-refractivity contribution in [2.24, 2.45) is 5.10 Å². The number of amides is 2. The fourth-order valence-electron chi connectivity index (χ4n) is 2.50. The Hall–Kier alpha value is -3.35. The molecule has 0 bridgehead atoms. The molecule has 0 unspecified atom stereocenters. The number of hydrogen-bond donors (Lipinski definition) is 2. The molecule has 2 aromatic carbocycles. The summed E-state index contributed by atoms with van der Waals surface area (Å²) in [4.78, 5) is 23.9. The molecule has 0 fully saturated rings. The highest BCUT2D eigenvalue weighted by atomic mass is 16.5. The van der Waals surface area contributed by atoms with Gasteiger partial charge in [-0.15, -0.1) is 0 Å². The molecular weight excluding hydrogens is 370 g/mol. The van der Waals surface area contributed by atoms with Gasteiger partial charge in [-0.3, -0.25) is 9.59 Å². The Balaban J connectivity index is 1.82. The lowest BCUT2D eigenvalue weighted by atomic mass is 10.2. The van der Waals surface area contributed by atoms with Crippen LogP contribution in [0.4, 0.5) is 5.69 Å². The average Bonchev–Trinajstić information content (AvgIpc) is 2.69. The molecule has 7 heteroatoms. The maximum atomic E-state index is 12.0. The van der Waals surface area contributed by atoms with E-state index in [0.717, 1.165) is 16.8 Å². The van der Waals surface area contributed by atoms with Gasteiger partial charge in [0.2, 0.25) is 11.8 Å². The van der Waals surface area contributed by atoms with Crippen LogP contribution in [-0.2, 0) is 9.59 Å². The van der Waals surface area contributed by atoms with Crippen molar-refractivity contribution in [1.82, 2.24) is 5.43 Å². The van der Waals surface area contributed by atoms with Crippen molar-refractivity contribution in [1.29, 1.82) is 0 Å². The molecule has 0 saturated carbocycles. The molecule has 0 aliphatic rings. The summed E-state index contributed by atoms with van der Waals surface area (Å²) in [6.45, 7) is 5.78. The van der Waals surface area contributed by atoms with Gasteiger partial charge in [0.15, 0.2) is 11.5 Å². The predicted octanol–water partition coefficient (Wildman–Crippen LogP) is 3.66. The van der Waals surface area contributed by atoms with E-state index in [9.17, 15) is 9.59 Å². The van der Waals surface area contributed by atoms with Crippen LogP contribution in [-0.4, -0.2) is 31.2 Å². The van der Waals surface area contributed by atoms with Crippen molar-refractivity contribution < 1.29 is 19.1 Å². The average molecular weight is 397 g/mol. The zero-order valence-corrected chi connectivity index (χ0v) is 17.2. The highest BCUT2D eigenvalue weighted by Gasteiger charge is 2.09. The summed E-state index contributed by atoms with van der Waals surface area (Å²) in [5.74, 6) is 0.669. The van der Waals surface area contributed by atoms with E-state index in [4.69, 9.17) is 9.47 Å². The summed E-state index contributed by atoms with van der Waals surface area (Å²) in [6, 6.07) is 12.8. The number of rotatable bonds is 9. The van der Waals surface area contributed by atoms with Crippen LogP contribution in [0.25, 0.3) is 0 Å². The number of nitrogens with one attached hydrogen (secondary N) is 2. The monoisotopic (exact) mass is 397 g/mol. The SMILES string of the molecule is COc1cc(/C=N/NC(=O)CCC(=O)Nc2ccccc2C)ccc1OC(C)C. The molecule has 0 spiro atoms. The normalized spacial score (nSPS) is 10.8. The van der Waals surface area contributed by atoms with E-state index in [1.165, 1.54) is 6.21 Å². The number of aryl methyl sites for hydroxylation is 1. The molecule has 0 heterocycles. The molecule has 0 atom stereocenters. The Morgan fingerprint density at radius 1 is 1.07 bits per heavy atom. The van der Waals surface area contributed by atoms with Gasteiger partial charge in [0.1, 0.15) is 0 Å². The number of anilines is 1. The van der Waals surface area contributed by atoms with Crippen LogP contribution >= 0.6 is 0 Å². The van der Waals surface area contributed by atoms with E-state index in [1.54, 1.807) is 19.2 Å². The van der Waals surface area contributed by atoms with E-state index in [2.05, 4.69) is 15.8 Å². The number of hydrazone groups is 1. The highest BCUT2D eigenvalue weighted by molar-refractivity contribution is 5.94. The second-order valence-electron chi connectivity index (χ2n) is 6.73. The van der Waals surface area contributed by atoms with Crippen molar-refractivity contribution >= 4 is 23.7 Å². The lowest BCUT2D eigenvalue weighted by molar-refractivity contribution is -0.124. The summed E-state index contributed by atoms with van der Waals surface area (Å²) in [5.41, 5.74) is 4.88. The first-order chi connectivity index (χ1) is 13.9. The minimum atomic E-state index is -0.340. The highest BCUT2D eigenvalue weighted by Crippen LogP contribution is 2.28. The minimum Gasteiger partial charge on any atom is -0.493 e. The fourth-order valence-corrected chi connectivity index (χ4v) is 2.50. The number of para-hydroxylation sites is 1. The van der Waals surface area contributed by atoms with Gasteiger partial charge < -0.3 is 14.8 Å². The minimum absolute atomic E-state index is 0.0331. The van der Waals surface area contributed by atoms with Gasteiger partial charge in [-0.1, -0.05) is 18.2 Å². The molecular formula is C22H27N3O4. The zero-order valence-electron chi connectivity index (χ0n) is 17.2. The number of nitrogens with zero attached hydrogens (tertiary/aromatic N) is 1. The third-order valence-corrected chi connectivity index (χ3v) is 3.95. The summed E-state index contributed by atoms with van der Waals surface area (Å²) in [7, 11) is 1.56. The van der Waals surface area contributed by atoms with Crippen molar-refractivity contribution in [3.8, 4) is 11.5 Å². The standard InChI is InChI=1S/C22H27N3O4/c1-15(2)29-19-10-9-17(13-20(19)28-4)14-23-25-22(27)12-11-21(26)24-18-8-6-5-7-16(18)3/h5-10,13-15H,11-12H2,1-4H3,(H,24,26)(H,25,27)/b23-14+. The molecule has 2 aromatic rings. The maximum Gasteiger partial charge on any atom is 0.240 e. The summed E-state index contributed by atoms with van der Waals surface area (Å²) < 4.78 is 11.0. The third-order valence-electron chi connectivity index (χ3n) is 3.95. The lowest BCUT2D eigenvalue weighted by Crippen LogP contribution is -2.20. The van der Waals surface area contributed by atoms with Crippen LogP contribution in [0.5, 0.6) is 11.5 Å². The molecule has 154 valence electrons. The molecule has 0 aliphatic carbocycles. The van der Waals surface area contributed by atoms with Gasteiger partial charge in [0.05, 0.1) is 19.4 Å². The maximum absolute atomic E-state index is 12.0. The Kier molecular flexibility index (Phi) is 8.21. The molecule has 0 aromatic heterocycles. The van der Waals surface area contributed by atoms with Gasteiger partial charge in [-0.25, -0.2) is 5.43 Å². The van der Waals surface area contributed by atoms with Crippen LogP contribution in [0.15, 0.2) is 47.6 Å². The summed E-state index contributed by atoms with van der Waals surface area (Å²) in [5, 5.41) is 6.73. The lowest BCUT2D eigenvalue weighted by Gasteiger charge is -2.13. The Bertz CT molecular complexity index is 878. The van der Waals surface area contributed by atoms with Gasteiger partial charge in [0, 0.05) is 18.5 Å². The zero-order chi connectivity index (χ0) is 21.2. The van der Waals surface area contributed by atoms with Crippen LogP contribution in [0.3, 0.4) is 0 Å². The van der Waals surface area contributed by atoms with E-state index in [-0.39, 0.29) is 30.8 Å². The molecule has 2 N–H and O–H groups in total. The van der Waals surface area contributed by atoms with Crippen LogP contribution < -0.4 is 20.2 Å². The largest absolute Gasteiger partial charge is 0.493 e. The predicted molar refractivity (Wildman–Crippen MR) is 114 cm³/mol. The fraction of sp³-hybridized carbons (Fsp3) is 0.318. The molecule has 2 amide bonds. The van der Waals surface area contributed by atoms with E-state index in [0.29, 0.717) is 11.5 Å². The van der Waals surface area contributed by atoms with E-state index >= 15 is 0 Å². The first-order valence-corrected chi connectivity index (χ1v) is 9.41. The summed E-state index contributed by atoms with van der Waals surface area (Å²) >= 11 is 0. The van der Waals surface area contributed by atoms with Crippen molar-refractivity contribution in [2.75, 3.05) is 12.4 Å². The molecule has 0 aliphatic heterocycles. The Morgan fingerprint density at radius 2 is 1.79 bits per heavy atom. The number of benzene rings is 2. The van der Waals surface area contributed by atoms with E-state index in [1.807, 2.05) is 51.1 Å². The number of carbonyl (C=O) groups excluding carboxylic acids is 2. The van der Waals surface area contributed by atoms with Crippen molar-refractivity contribution in [3.63, 3.8) is 0 Å². The molecule has 29 heavy (non-hydrogen) atoms. The van der Waals surface area contributed by atoms with Crippen molar-refractivity contribution in [3.05, 3.63) is 53.6 Å². The molecule has 0 radical (unpaired) electrons. The van der Waals surface area contributed by atoms with Crippen molar-refractivity contribution in [2.45, 2.75) is 39.7 Å². The number of hydrogen-bond acceptors (Lipinski definition) is 5. The van der Waals surface area contributed by atoms with Gasteiger partial charge in [0.25, 0.3) is 0 Å². The second-order valence-corrected chi connectivity index (χ2v) is 6.73. The van der Waals surface area contributed by atoms with E-state index < -0.39 is 0 Å². The van der Waals surface area contributed by atoms with Gasteiger partial charge >= 0.3 is 0 Å². The Morgan fingerprint density at radius 3 is 2.48 bits per heavy atom. The smallest absolute Gasteiger partial charge is 0.240 e. The third kappa shape index (κ3) is 7.29. The molecule has 0 saturated heterocycles. The quantitative estimate of drug-likeness (QED) is 0.499. The number of methoxy groups -OCH3 is 1. The van der Waals surface area contributed by atoms with Crippen LogP contribution in [0, 0.1) is 6.92 Å². The van der Waals surface area contributed by atoms with Gasteiger partial charge in [-0.2, -0.15) is 5.10 Å². The van der Waals surface area contributed by atoms with Crippen LogP contribution in [0.2, 0.25) is 0 Å².